The molecule has 17 heavy (non-hydrogen) atoms. The molecule has 2 unspecified atom stereocenters. The van der Waals surface area contributed by atoms with Gasteiger partial charge in [-0.2, -0.15) is 0 Å². The maximum atomic E-state index is 11.7. The molecule has 0 aromatic heterocycles. The summed E-state index contributed by atoms with van der Waals surface area (Å²) in [6.07, 6.45) is 6.31. The zero-order valence-electron chi connectivity index (χ0n) is 10.3. The van der Waals surface area contributed by atoms with Crippen LogP contribution in [0.15, 0.2) is 0 Å². The van der Waals surface area contributed by atoms with Crippen molar-refractivity contribution < 1.29 is 8.42 Å². The van der Waals surface area contributed by atoms with E-state index in [2.05, 4.69) is 4.90 Å². The van der Waals surface area contributed by atoms with Crippen LogP contribution < -0.4 is 0 Å². The van der Waals surface area contributed by atoms with Gasteiger partial charge in [0.15, 0.2) is 9.84 Å². The lowest BCUT2D eigenvalue weighted by molar-refractivity contribution is 0.203. The molecule has 1 spiro atoms. The highest BCUT2D eigenvalue weighted by Crippen LogP contribution is 2.54. The van der Waals surface area contributed by atoms with Crippen LogP contribution in [0.25, 0.3) is 0 Å². The van der Waals surface area contributed by atoms with Crippen LogP contribution in [0.1, 0.15) is 32.1 Å². The maximum absolute atomic E-state index is 11.7. The van der Waals surface area contributed by atoms with Crippen molar-refractivity contribution in [1.82, 2.24) is 4.90 Å². The third-order valence-electron chi connectivity index (χ3n) is 5.67. The summed E-state index contributed by atoms with van der Waals surface area (Å²) >= 11 is 0. The quantitative estimate of drug-likeness (QED) is 0.708. The molecule has 0 bridgehead atoms. The lowest BCUT2D eigenvalue weighted by Gasteiger charge is -2.27. The zero-order chi connectivity index (χ0) is 11.7. The molecule has 2 saturated heterocycles. The van der Waals surface area contributed by atoms with E-state index in [1.54, 1.807) is 0 Å². The lowest BCUT2D eigenvalue weighted by atomic mass is 9.87. The Bertz CT molecular complexity index is 436. The second-order valence-corrected chi connectivity index (χ2v) is 9.13. The van der Waals surface area contributed by atoms with Crippen molar-refractivity contribution in [1.29, 1.82) is 0 Å². The number of sulfone groups is 1. The summed E-state index contributed by atoms with van der Waals surface area (Å²) in [4.78, 5) is 2.62. The molecule has 2 saturated carbocycles. The largest absolute Gasteiger partial charge is 0.300 e. The highest BCUT2D eigenvalue weighted by Gasteiger charge is 2.52. The summed E-state index contributed by atoms with van der Waals surface area (Å²) in [5.41, 5.74) is 0.144. The van der Waals surface area contributed by atoms with E-state index >= 15 is 0 Å². The van der Waals surface area contributed by atoms with Gasteiger partial charge in [-0.05, 0) is 55.9 Å². The highest BCUT2D eigenvalue weighted by atomic mass is 32.2. The Morgan fingerprint density at radius 3 is 2.47 bits per heavy atom. The first-order chi connectivity index (χ1) is 8.05. The predicted octanol–water partition coefficient (Wildman–Crippen LogP) is 1.30. The monoisotopic (exact) mass is 255 g/mol. The molecular formula is C13H21NO2S. The van der Waals surface area contributed by atoms with Crippen molar-refractivity contribution in [3.05, 3.63) is 0 Å². The topological polar surface area (TPSA) is 37.4 Å². The SMILES string of the molecule is O=S1(=O)CCC2(CCN(C3C[C@@H]4C[C@@H]4C3)C2)C1. The molecule has 0 radical (unpaired) electrons. The first-order valence-electron chi connectivity index (χ1n) is 7.00. The minimum absolute atomic E-state index is 0.144. The van der Waals surface area contributed by atoms with Crippen molar-refractivity contribution in [2.24, 2.45) is 17.3 Å². The van der Waals surface area contributed by atoms with Gasteiger partial charge in [0, 0.05) is 12.6 Å². The van der Waals surface area contributed by atoms with Crippen LogP contribution in [-0.2, 0) is 9.84 Å². The minimum atomic E-state index is -2.71. The Balaban J connectivity index is 1.45. The van der Waals surface area contributed by atoms with Crippen LogP contribution in [0, 0.1) is 17.3 Å². The van der Waals surface area contributed by atoms with E-state index in [0.29, 0.717) is 11.5 Å². The molecule has 2 aliphatic carbocycles. The number of rotatable bonds is 1. The maximum Gasteiger partial charge on any atom is 0.150 e. The van der Waals surface area contributed by atoms with Crippen LogP contribution in [0.3, 0.4) is 0 Å². The van der Waals surface area contributed by atoms with Crippen molar-refractivity contribution >= 4 is 9.84 Å². The van der Waals surface area contributed by atoms with Crippen molar-refractivity contribution in [3.8, 4) is 0 Å². The van der Waals surface area contributed by atoms with Gasteiger partial charge in [-0.15, -0.1) is 0 Å². The number of likely N-dealkylation sites (tertiary alicyclic amines) is 1. The molecule has 96 valence electrons. The molecule has 4 fully saturated rings. The van der Waals surface area contributed by atoms with Crippen LogP contribution in [0.4, 0.5) is 0 Å². The van der Waals surface area contributed by atoms with Crippen LogP contribution in [0.5, 0.6) is 0 Å². The van der Waals surface area contributed by atoms with Gasteiger partial charge < -0.3 is 0 Å². The van der Waals surface area contributed by atoms with Gasteiger partial charge in [0.2, 0.25) is 0 Å². The molecule has 2 heterocycles. The number of hydrogen-bond acceptors (Lipinski definition) is 3. The summed E-state index contributed by atoms with van der Waals surface area (Å²) in [7, 11) is -2.71. The molecule has 4 rings (SSSR count). The Morgan fingerprint density at radius 1 is 1.06 bits per heavy atom. The van der Waals surface area contributed by atoms with E-state index in [4.69, 9.17) is 0 Å². The van der Waals surface area contributed by atoms with E-state index in [-0.39, 0.29) is 5.41 Å². The summed E-state index contributed by atoms with van der Waals surface area (Å²) < 4.78 is 23.3. The van der Waals surface area contributed by atoms with Crippen molar-refractivity contribution in [3.63, 3.8) is 0 Å². The normalized spacial score (nSPS) is 52.1. The fraction of sp³-hybridized carbons (Fsp3) is 1.00. The second-order valence-electron chi connectivity index (χ2n) is 6.94. The van der Waals surface area contributed by atoms with Gasteiger partial charge in [-0.3, -0.25) is 4.90 Å². The Labute approximate surface area is 103 Å². The Kier molecular flexibility index (Phi) is 2.07. The molecule has 2 aliphatic heterocycles. The van der Waals surface area contributed by atoms with Crippen LogP contribution in [0.2, 0.25) is 0 Å². The number of hydrogen-bond donors (Lipinski definition) is 0. The van der Waals surface area contributed by atoms with Gasteiger partial charge in [0.1, 0.15) is 0 Å². The highest BCUT2D eigenvalue weighted by molar-refractivity contribution is 7.91. The molecular weight excluding hydrogens is 234 g/mol. The Morgan fingerprint density at radius 2 is 1.82 bits per heavy atom. The number of fused-ring (bicyclic) bond motifs is 1. The first kappa shape index (κ1) is 10.8. The van der Waals surface area contributed by atoms with Gasteiger partial charge in [-0.25, -0.2) is 8.42 Å². The molecule has 4 aliphatic rings. The second kappa shape index (κ2) is 3.27. The fourth-order valence-corrected chi connectivity index (χ4v) is 6.77. The predicted molar refractivity (Wildman–Crippen MR) is 66.5 cm³/mol. The molecule has 4 atom stereocenters. The minimum Gasteiger partial charge on any atom is -0.300 e. The smallest absolute Gasteiger partial charge is 0.150 e. The molecule has 0 N–H and O–H groups in total. The zero-order valence-corrected chi connectivity index (χ0v) is 11.1. The summed E-state index contributed by atoms with van der Waals surface area (Å²) in [5.74, 6) is 2.97. The average Bonchev–Trinajstić information content (AvgIpc) is 2.68. The van der Waals surface area contributed by atoms with E-state index in [0.717, 1.165) is 43.8 Å². The van der Waals surface area contributed by atoms with Gasteiger partial charge >= 0.3 is 0 Å². The van der Waals surface area contributed by atoms with Gasteiger partial charge in [0.05, 0.1) is 11.5 Å². The van der Waals surface area contributed by atoms with Crippen molar-refractivity contribution in [2.45, 2.75) is 38.1 Å². The van der Waals surface area contributed by atoms with Crippen LogP contribution >= 0.6 is 0 Å². The summed E-state index contributed by atoms with van der Waals surface area (Å²) in [6.45, 7) is 2.22. The fourth-order valence-electron chi connectivity index (χ4n) is 4.57. The van der Waals surface area contributed by atoms with Crippen LogP contribution in [-0.4, -0.2) is 44.0 Å². The standard InChI is InChI=1S/C13H21NO2S/c15-17(16)4-2-13(9-17)1-3-14(8-13)12-6-10-5-11(10)7-12/h10-12H,1-9H2/t10-,11+,12?,13?. The van der Waals surface area contributed by atoms with E-state index in [1.165, 1.54) is 19.3 Å². The average molecular weight is 255 g/mol. The van der Waals surface area contributed by atoms with E-state index in [9.17, 15) is 8.42 Å². The van der Waals surface area contributed by atoms with E-state index < -0.39 is 9.84 Å². The molecule has 0 aromatic rings. The molecule has 4 heteroatoms. The van der Waals surface area contributed by atoms with Gasteiger partial charge in [-0.1, -0.05) is 0 Å². The summed E-state index contributed by atoms with van der Waals surface area (Å²) in [5, 5.41) is 0. The molecule has 3 nitrogen and oxygen atoms in total. The third kappa shape index (κ3) is 1.75. The molecule has 0 aromatic carbocycles. The van der Waals surface area contributed by atoms with E-state index in [1.807, 2.05) is 0 Å². The lowest BCUT2D eigenvalue weighted by Crippen LogP contribution is -2.35. The summed E-state index contributed by atoms with van der Waals surface area (Å²) in [6, 6.07) is 0.793. The Hall–Kier alpha value is -0.0900. The first-order valence-corrected chi connectivity index (χ1v) is 8.82. The van der Waals surface area contributed by atoms with Gasteiger partial charge in [0.25, 0.3) is 0 Å². The third-order valence-corrected chi connectivity index (χ3v) is 7.55. The number of nitrogens with zero attached hydrogens (tertiary/aromatic N) is 1. The van der Waals surface area contributed by atoms with Crippen molar-refractivity contribution in [2.75, 3.05) is 24.6 Å². The molecule has 0 amide bonds.